The molecule has 0 radical (unpaired) electrons. The van der Waals surface area contributed by atoms with E-state index in [1.807, 2.05) is 6.92 Å². The van der Waals surface area contributed by atoms with Gasteiger partial charge < -0.3 is 4.74 Å². The van der Waals surface area contributed by atoms with Crippen molar-refractivity contribution in [2.24, 2.45) is 0 Å². The van der Waals surface area contributed by atoms with E-state index < -0.39 is 30.0 Å². The van der Waals surface area contributed by atoms with E-state index in [2.05, 4.69) is 0 Å². The normalized spacial score (nSPS) is 19.7. The van der Waals surface area contributed by atoms with Crippen LogP contribution in [0, 0.1) is 0 Å². The third kappa shape index (κ3) is 3.68. The summed E-state index contributed by atoms with van der Waals surface area (Å²) >= 11 is 0. The van der Waals surface area contributed by atoms with Gasteiger partial charge >= 0.3 is 18.1 Å². The van der Waals surface area contributed by atoms with Crippen LogP contribution in [0.15, 0.2) is 0 Å². The number of nitrogens with zero attached hydrogens (tertiary/aromatic N) is 1. The van der Waals surface area contributed by atoms with Gasteiger partial charge in [-0.25, -0.2) is 4.79 Å². The van der Waals surface area contributed by atoms with E-state index >= 15 is 0 Å². The molecule has 1 heterocycles. The van der Waals surface area contributed by atoms with Crippen LogP contribution in [-0.4, -0.2) is 41.5 Å². The molecule has 2 amide bonds. The summed E-state index contributed by atoms with van der Waals surface area (Å²) in [5.74, 6) is -4.27. The van der Waals surface area contributed by atoms with Crippen LogP contribution in [0.25, 0.3) is 0 Å². The Balaban J connectivity index is 2.74. The van der Waals surface area contributed by atoms with Gasteiger partial charge in [0.2, 0.25) is 5.91 Å². The summed E-state index contributed by atoms with van der Waals surface area (Å²) in [5, 5.41) is 0. The molecule has 5 nitrogen and oxygen atoms in total. The van der Waals surface area contributed by atoms with E-state index in [4.69, 9.17) is 4.74 Å². The standard InChI is InChI=1S/C11H14F3NO4/c1-2-3-6-19-9(17)7-4-5-8(16)15(7)10(18)11(12,13)14/h7H,2-6H2,1H3. The van der Waals surface area contributed by atoms with E-state index in [1.165, 1.54) is 0 Å². The second kappa shape index (κ2) is 6.03. The molecule has 0 spiro atoms. The quantitative estimate of drug-likeness (QED) is 0.577. The summed E-state index contributed by atoms with van der Waals surface area (Å²) in [7, 11) is 0. The minimum atomic E-state index is -5.18. The number of alkyl halides is 3. The number of unbranched alkanes of at least 4 members (excludes halogenated alkanes) is 1. The van der Waals surface area contributed by atoms with Crippen LogP contribution in [0.2, 0.25) is 0 Å². The number of amides is 2. The number of halogens is 3. The lowest BCUT2D eigenvalue weighted by Gasteiger charge is -2.22. The lowest BCUT2D eigenvalue weighted by molar-refractivity contribution is -0.190. The highest BCUT2D eigenvalue weighted by Gasteiger charge is 2.51. The molecule has 1 aliphatic heterocycles. The van der Waals surface area contributed by atoms with Gasteiger partial charge in [-0.05, 0) is 12.8 Å². The fourth-order valence-electron chi connectivity index (χ4n) is 1.71. The molecule has 0 N–H and O–H groups in total. The van der Waals surface area contributed by atoms with Crippen LogP contribution in [0.3, 0.4) is 0 Å². The first-order chi connectivity index (χ1) is 8.79. The van der Waals surface area contributed by atoms with Crippen molar-refractivity contribution >= 4 is 17.8 Å². The Hall–Kier alpha value is -1.60. The van der Waals surface area contributed by atoms with Crippen molar-refractivity contribution in [2.75, 3.05) is 6.61 Å². The van der Waals surface area contributed by atoms with Crippen LogP contribution < -0.4 is 0 Å². The number of esters is 1. The van der Waals surface area contributed by atoms with Crippen molar-refractivity contribution in [1.82, 2.24) is 4.90 Å². The lowest BCUT2D eigenvalue weighted by Crippen LogP contribution is -2.49. The number of hydrogen-bond acceptors (Lipinski definition) is 4. The van der Waals surface area contributed by atoms with Crippen LogP contribution in [0.4, 0.5) is 13.2 Å². The highest BCUT2D eigenvalue weighted by Crippen LogP contribution is 2.27. The summed E-state index contributed by atoms with van der Waals surface area (Å²) in [6.45, 7) is 1.92. The Morgan fingerprint density at radius 3 is 2.58 bits per heavy atom. The summed E-state index contributed by atoms with van der Waals surface area (Å²) in [6, 6.07) is -1.46. The second-order valence-electron chi connectivity index (χ2n) is 4.14. The molecule has 1 atom stereocenters. The highest BCUT2D eigenvalue weighted by atomic mass is 19.4. The maximum absolute atomic E-state index is 12.3. The number of carbonyl (C=O) groups excluding carboxylic acids is 3. The van der Waals surface area contributed by atoms with Gasteiger partial charge in [-0.15, -0.1) is 0 Å². The fraction of sp³-hybridized carbons (Fsp3) is 0.727. The third-order valence-corrected chi connectivity index (χ3v) is 2.69. The van der Waals surface area contributed by atoms with Crippen LogP contribution >= 0.6 is 0 Å². The van der Waals surface area contributed by atoms with Gasteiger partial charge in [-0.1, -0.05) is 13.3 Å². The smallest absolute Gasteiger partial charge is 0.464 e. The summed E-state index contributed by atoms with van der Waals surface area (Å²) in [5.41, 5.74) is 0. The molecule has 1 saturated heterocycles. The van der Waals surface area contributed by atoms with Crippen molar-refractivity contribution in [3.05, 3.63) is 0 Å². The number of hydrogen-bond donors (Lipinski definition) is 0. The molecule has 0 saturated carbocycles. The number of imide groups is 1. The first kappa shape index (κ1) is 15.5. The summed E-state index contributed by atoms with van der Waals surface area (Å²) in [4.78, 5) is 33.9. The predicted molar refractivity (Wildman–Crippen MR) is 56.8 cm³/mol. The maximum Gasteiger partial charge on any atom is 0.471 e. The largest absolute Gasteiger partial charge is 0.471 e. The van der Waals surface area contributed by atoms with Crippen molar-refractivity contribution in [3.63, 3.8) is 0 Å². The molecule has 0 aromatic heterocycles. The molecule has 0 aromatic rings. The van der Waals surface area contributed by atoms with E-state index in [1.54, 1.807) is 0 Å². The SMILES string of the molecule is CCCCOC(=O)C1CCC(=O)N1C(=O)C(F)(F)F. The Morgan fingerprint density at radius 1 is 1.42 bits per heavy atom. The second-order valence-corrected chi connectivity index (χ2v) is 4.14. The molecular weight excluding hydrogens is 267 g/mol. The highest BCUT2D eigenvalue weighted by molar-refractivity contribution is 6.03. The lowest BCUT2D eigenvalue weighted by atomic mass is 10.2. The predicted octanol–water partition coefficient (Wildman–Crippen LogP) is 1.41. The maximum atomic E-state index is 12.3. The minimum Gasteiger partial charge on any atom is -0.464 e. The van der Waals surface area contributed by atoms with Crippen molar-refractivity contribution in [2.45, 2.75) is 44.8 Å². The zero-order valence-corrected chi connectivity index (χ0v) is 10.3. The number of carbonyl (C=O) groups is 3. The van der Waals surface area contributed by atoms with Crippen LogP contribution in [0.1, 0.15) is 32.6 Å². The first-order valence-corrected chi connectivity index (χ1v) is 5.89. The van der Waals surface area contributed by atoms with Crippen molar-refractivity contribution in [3.8, 4) is 0 Å². The monoisotopic (exact) mass is 281 g/mol. The molecule has 1 fully saturated rings. The van der Waals surface area contributed by atoms with Crippen LogP contribution in [0.5, 0.6) is 0 Å². The van der Waals surface area contributed by atoms with Crippen molar-refractivity contribution in [1.29, 1.82) is 0 Å². The van der Waals surface area contributed by atoms with E-state index in [-0.39, 0.29) is 24.3 Å². The molecule has 0 aliphatic carbocycles. The van der Waals surface area contributed by atoms with E-state index in [0.29, 0.717) is 6.42 Å². The zero-order valence-electron chi connectivity index (χ0n) is 10.3. The average Bonchev–Trinajstić information content (AvgIpc) is 2.69. The first-order valence-electron chi connectivity index (χ1n) is 5.89. The molecule has 1 unspecified atom stereocenters. The molecule has 1 aliphatic rings. The molecule has 108 valence electrons. The van der Waals surface area contributed by atoms with Gasteiger partial charge in [0.1, 0.15) is 6.04 Å². The van der Waals surface area contributed by atoms with Gasteiger partial charge in [-0.3, -0.25) is 14.5 Å². The minimum absolute atomic E-state index is 0.0335. The molecule has 1 rings (SSSR count). The zero-order chi connectivity index (χ0) is 14.6. The van der Waals surface area contributed by atoms with E-state index in [0.717, 1.165) is 6.42 Å². The Bertz CT molecular complexity index is 381. The molecule has 19 heavy (non-hydrogen) atoms. The van der Waals surface area contributed by atoms with Gasteiger partial charge in [0.05, 0.1) is 6.61 Å². The Kier molecular flexibility index (Phi) is 4.90. The fourth-order valence-corrected chi connectivity index (χ4v) is 1.71. The topological polar surface area (TPSA) is 63.7 Å². The van der Waals surface area contributed by atoms with Crippen molar-refractivity contribution < 1.29 is 32.3 Å². The van der Waals surface area contributed by atoms with Crippen LogP contribution in [-0.2, 0) is 19.1 Å². The Labute approximate surface area is 107 Å². The number of likely N-dealkylation sites (tertiary alicyclic amines) is 1. The summed E-state index contributed by atoms with van der Waals surface area (Å²) < 4.78 is 41.7. The number of ether oxygens (including phenoxy) is 1. The van der Waals surface area contributed by atoms with E-state index in [9.17, 15) is 27.6 Å². The van der Waals surface area contributed by atoms with Gasteiger partial charge in [0.15, 0.2) is 0 Å². The molecular formula is C11H14F3NO4. The molecule has 0 bridgehead atoms. The number of rotatable bonds is 4. The van der Waals surface area contributed by atoms with Gasteiger partial charge in [-0.2, -0.15) is 13.2 Å². The molecule has 8 heteroatoms. The average molecular weight is 281 g/mol. The van der Waals surface area contributed by atoms with Gasteiger partial charge in [0.25, 0.3) is 0 Å². The molecule has 0 aromatic carbocycles. The third-order valence-electron chi connectivity index (χ3n) is 2.69. The Morgan fingerprint density at radius 2 is 2.05 bits per heavy atom. The summed E-state index contributed by atoms with van der Waals surface area (Å²) in [6.07, 6.45) is -4.26. The van der Waals surface area contributed by atoms with Gasteiger partial charge in [0, 0.05) is 6.42 Å².